The van der Waals surface area contributed by atoms with Crippen molar-refractivity contribution in [1.82, 2.24) is 0 Å². The van der Waals surface area contributed by atoms with Crippen molar-refractivity contribution in [3.05, 3.63) is 12.2 Å². The first-order chi connectivity index (χ1) is 7.89. The van der Waals surface area contributed by atoms with Gasteiger partial charge in [-0.3, -0.25) is 0 Å². The number of ether oxygens (including phenoxy) is 1. The highest BCUT2D eigenvalue weighted by atomic mass is 16.6. The van der Waals surface area contributed by atoms with E-state index in [9.17, 15) is 5.11 Å². The Morgan fingerprint density at radius 1 is 1.41 bits per heavy atom. The fourth-order valence-electron chi connectivity index (χ4n) is 4.64. The molecule has 0 unspecified atom stereocenters. The van der Waals surface area contributed by atoms with Gasteiger partial charge in [0.05, 0.1) is 5.60 Å². The molecule has 17 heavy (non-hydrogen) atoms. The molecule has 0 radical (unpaired) electrons. The molecule has 1 N–H and O–H groups in total. The number of rotatable bonds is 1. The Balaban J connectivity index is 2.04. The molecule has 2 aliphatic heterocycles. The monoisotopic (exact) mass is 236 g/mol. The normalized spacial score (nSPS) is 53.2. The van der Waals surface area contributed by atoms with Crippen molar-refractivity contribution in [1.29, 1.82) is 0 Å². The van der Waals surface area contributed by atoms with E-state index in [2.05, 4.69) is 27.4 Å². The smallest absolute Gasteiger partial charge is 0.173 e. The van der Waals surface area contributed by atoms with E-state index in [1.165, 1.54) is 18.4 Å². The standard InChI is InChI=1S/C15H24O2/c1-9(2)13-8-14-11(4)5-6-12(14)10(3)7-15(13,16)17-14/h9,11-13,16H,3,5-8H2,1-2,4H3/t11-,12+,13+,14-,15+/m0/s1. The van der Waals surface area contributed by atoms with Gasteiger partial charge in [0, 0.05) is 18.3 Å². The van der Waals surface area contributed by atoms with Gasteiger partial charge in [-0.05, 0) is 31.1 Å². The summed E-state index contributed by atoms with van der Waals surface area (Å²) in [7, 11) is 0. The van der Waals surface area contributed by atoms with Crippen molar-refractivity contribution in [2.24, 2.45) is 23.7 Å². The Labute approximate surface area is 104 Å². The SMILES string of the molecule is C=C1C[C@@]2(O)O[C@]3(C[C@@H]2C(C)C)[C@@H]1CC[C@@H]3C. The highest BCUT2D eigenvalue weighted by Crippen LogP contribution is 2.63. The molecule has 2 bridgehead atoms. The van der Waals surface area contributed by atoms with E-state index in [1.807, 2.05) is 0 Å². The van der Waals surface area contributed by atoms with Gasteiger partial charge in [0.1, 0.15) is 0 Å². The van der Waals surface area contributed by atoms with E-state index in [-0.39, 0.29) is 11.5 Å². The predicted octanol–water partition coefficient (Wildman–Crippen LogP) is 3.11. The number of aliphatic hydroxyl groups is 1. The highest BCUT2D eigenvalue weighted by Gasteiger charge is 2.66. The second kappa shape index (κ2) is 3.36. The third-order valence-corrected chi connectivity index (χ3v) is 5.58. The number of hydrogen-bond acceptors (Lipinski definition) is 2. The Hall–Kier alpha value is -0.340. The van der Waals surface area contributed by atoms with Gasteiger partial charge < -0.3 is 9.84 Å². The van der Waals surface area contributed by atoms with E-state index in [4.69, 9.17) is 4.74 Å². The Morgan fingerprint density at radius 3 is 2.76 bits per heavy atom. The third kappa shape index (κ3) is 1.34. The first kappa shape index (κ1) is 11.7. The van der Waals surface area contributed by atoms with E-state index < -0.39 is 5.79 Å². The molecular formula is C15H24O2. The van der Waals surface area contributed by atoms with Crippen molar-refractivity contribution in [2.75, 3.05) is 0 Å². The number of fused-ring (bicyclic) bond motifs is 1. The summed E-state index contributed by atoms with van der Waals surface area (Å²) < 4.78 is 6.25. The van der Waals surface area contributed by atoms with Crippen LogP contribution in [-0.4, -0.2) is 16.5 Å². The quantitative estimate of drug-likeness (QED) is 0.709. The van der Waals surface area contributed by atoms with Gasteiger partial charge >= 0.3 is 0 Å². The van der Waals surface area contributed by atoms with Crippen molar-refractivity contribution in [3.63, 3.8) is 0 Å². The van der Waals surface area contributed by atoms with Crippen LogP contribution >= 0.6 is 0 Å². The maximum Gasteiger partial charge on any atom is 0.173 e. The molecule has 2 saturated heterocycles. The zero-order valence-corrected chi connectivity index (χ0v) is 11.2. The molecule has 3 aliphatic rings. The molecule has 2 heteroatoms. The van der Waals surface area contributed by atoms with Crippen LogP contribution in [0.25, 0.3) is 0 Å². The van der Waals surface area contributed by atoms with E-state index in [0.29, 0.717) is 24.2 Å². The Morgan fingerprint density at radius 2 is 2.12 bits per heavy atom. The van der Waals surface area contributed by atoms with E-state index in [0.717, 1.165) is 6.42 Å². The minimum Gasteiger partial charge on any atom is -0.365 e. The average Bonchev–Trinajstić information content (AvgIpc) is 2.65. The number of hydrogen-bond donors (Lipinski definition) is 1. The molecule has 5 atom stereocenters. The van der Waals surface area contributed by atoms with Gasteiger partial charge in [-0.2, -0.15) is 0 Å². The first-order valence-corrected chi connectivity index (χ1v) is 6.99. The van der Waals surface area contributed by atoms with Crippen molar-refractivity contribution < 1.29 is 9.84 Å². The second-order valence-electron chi connectivity index (χ2n) is 6.82. The van der Waals surface area contributed by atoms with Crippen LogP contribution in [0.15, 0.2) is 12.2 Å². The summed E-state index contributed by atoms with van der Waals surface area (Å²) >= 11 is 0. The van der Waals surface area contributed by atoms with Crippen molar-refractivity contribution >= 4 is 0 Å². The van der Waals surface area contributed by atoms with Gasteiger partial charge in [-0.25, -0.2) is 0 Å². The summed E-state index contributed by atoms with van der Waals surface area (Å²) in [5.41, 5.74) is 1.13. The molecule has 3 fully saturated rings. The fraction of sp³-hybridized carbons (Fsp3) is 0.867. The maximum atomic E-state index is 10.8. The predicted molar refractivity (Wildman–Crippen MR) is 67.4 cm³/mol. The van der Waals surface area contributed by atoms with Crippen LogP contribution in [0.5, 0.6) is 0 Å². The lowest BCUT2D eigenvalue weighted by atomic mass is 9.77. The largest absolute Gasteiger partial charge is 0.365 e. The Bertz CT molecular complexity index is 362. The maximum absolute atomic E-state index is 10.8. The summed E-state index contributed by atoms with van der Waals surface area (Å²) in [5.74, 6) is 0.852. The lowest BCUT2D eigenvalue weighted by Gasteiger charge is -2.43. The van der Waals surface area contributed by atoms with Crippen LogP contribution < -0.4 is 0 Å². The zero-order valence-electron chi connectivity index (χ0n) is 11.2. The molecule has 0 aromatic rings. The summed E-state index contributed by atoms with van der Waals surface area (Å²) in [6.45, 7) is 10.9. The lowest BCUT2D eigenvalue weighted by molar-refractivity contribution is -0.269. The molecule has 1 spiro atoms. The molecule has 2 heterocycles. The molecular weight excluding hydrogens is 212 g/mol. The van der Waals surface area contributed by atoms with E-state index in [1.54, 1.807) is 0 Å². The first-order valence-electron chi connectivity index (χ1n) is 6.99. The lowest BCUT2D eigenvalue weighted by Crippen LogP contribution is -2.48. The van der Waals surface area contributed by atoms with Crippen molar-refractivity contribution in [2.45, 2.75) is 57.8 Å². The van der Waals surface area contributed by atoms with Gasteiger partial charge in [0.25, 0.3) is 0 Å². The summed E-state index contributed by atoms with van der Waals surface area (Å²) in [6, 6.07) is 0. The summed E-state index contributed by atoms with van der Waals surface area (Å²) in [5, 5.41) is 10.8. The Kier molecular flexibility index (Phi) is 2.32. The van der Waals surface area contributed by atoms with Crippen LogP contribution in [0.3, 0.4) is 0 Å². The van der Waals surface area contributed by atoms with Crippen LogP contribution in [-0.2, 0) is 4.74 Å². The molecule has 96 valence electrons. The van der Waals surface area contributed by atoms with Crippen LogP contribution in [0, 0.1) is 23.7 Å². The van der Waals surface area contributed by atoms with E-state index >= 15 is 0 Å². The minimum absolute atomic E-state index is 0.0982. The highest BCUT2D eigenvalue weighted by molar-refractivity contribution is 5.24. The molecule has 0 amide bonds. The second-order valence-corrected chi connectivity index (χ2v) is 6.82. The molecule has 2 nitrogen and oxygen atoms in total. The van der Waals surface area contributed by atoms with Crippen LogP contribution in [0.1, 0.15) is 46.5 Å². The fourth-order valence-corrected chi connectivity index (χ4v) is 4.64. The summed E-state index contributed by atoms with van der Waals surface area (Å²) in [6.07, 6.45) is 4.08. The van der Waals surface area contributed by atoms with Gasteiger partial charge in [-0.1, -0.05) is 32.9 Å². The summed E-state index contributed by atoms with van der Waals surface area (Å²) in [4.78, 5) is 0. The topological polar surface area (TPSA) is 29.5 Å². The van der Waals surface area contributed by atoms with Gasteiger partial charge in [0.2, 0.25) is 0 Å². The minimum atomic E-state index is -0.930. The van der Waals surface area contributed by atoms with Crippen molar-refractivity contribution in [3.8, 4) is 0 Å². The third-order valence-electron chi connectivity index (χ3n) is 5.58. The van der Waals surface area contributed by atoms with Gasteiger partial charge in [-0.15, -0.1) is 0 Å². The van der Waals surface area contributed by atoms with Gasteiger partial charge in [0.15, 0.2) is 5.79 Å². The average molecular weight is 236 g/mol. The zero-order chi connectivity index (χ0) is 12.4. The van der Waals surface area contributed by atoms with Crippen LogP contribution in [0.4, 0.5) is 0 Å². The molecule has 1 saturated carbocycles. The molecule has 1 aliphatic carbocycles. The molecule has 0 aromatic heterocycles. The molecule has 0 aromatic carbocycles. The molecule has 3 rings (SSSR count). The van der Waals surface area contributed by atoms with Crippen LogP contribution in [0.2, 0.25) is 0 Å².